The summed E-state index contributed by atoms with van der Waals surface area (Å²) in [5, 5.41) is 0. The average Bonchev–Trinajstić information content (AvgIpc) is 2.71. The number of carbonyl (C=O) groups excluding carboxylic acids is 2. The smallest absolute Gasteiger partial charge is 0.488 e. The van der Waals surface area contributed by atoms with Gasteiger partial charge in [0.15, 0.2) is 0 Å². The second-order valence-electron chi connectivity index (χ2n) is 7.17. The molecule has 0 spiro atoms. The van der Waals surface area contributed by atoms with E-state index in [0.29, 0.717) is 29.4 Å². The van der Waals surface area contributed by atoms with Gasteiger partial charge in [0.2, 0.25) is 0 Å². The first-order chi connectivity index (χ1) is 15.4. The fraction of sp³-hybridized carbons (Fsp3) is 0.455. The highest BCUT2D eigenvalue weighted by Gasteiger charge is 2.51. The van der Waals surface area contributed by atoms with E-state index in [2.05, 4.69) is 32.9 Å². The van der Waals surface area contributed by atoms with E-state index in [1.807, 2.05) is 6.55 Å². The minimum Gasteiger partial charge on any atom is -0.488 e. The van der Waals surface area contributed by atoms with E-state index < -0.39 is 29.3 Å². The number of allylic oxidation sites excluding steroid dienone is 3. The van der Waals surface area contributed by atoms with Gasteiger partial charge in [0.25, 0.3) is 0 Å². The SMILES string of the molecule is C=CC(=O)OCCO[Si](C)(CC[Si](OC(=C)C)(OC(=C)C)OC(=C)C)OCCOC(=O)C=C. The summed E-state index contributed by atoms with van der Waals surface area (Å²) in [6.07, 6.45) is 2.14. The van der Waals surface area contributed by atoms with Crippen molar-refractivity contribution in [1.29, 1.82) is 0 Å². The van der Waals surface area contributed by atoms with Gasteiger partial charge in [-0.3, -0.25) is 0 Å². The molecule has 11 heteroatoms. The summed E-state index contributed by atoms with van der Waals surface area (Å²) in [4.78, 5) is 22.5. The van der Waals surface area contributed by atoms with Crippen molar-refractivity contribution >= 4 is 29.3 Å². The van der Waals surface area contributed by atoms with Crippen LogP contribution >= 0.6 is 0 Å². The molecule has 0 unspecified atom stereocenters. The van der Waals surface area contributed by atoms with Crippen molar-refractivity contribution in [2.45, 2.75) is 39.4 Å². The Hall–Kier alpha value is -2.61. The number of esters is 2. The summed E-state index contributed by atoms with van der Waals surface area (Å²) < 4.78 is 39.7. The van der Waals surface area contributed by atoms with Crippen LogP contribution in [-0.4, -0.2) is 55.7 Å². The molecule has 0 aromatic heterocycles. The Kier molecular flexibility index (Phi) is 14.1. The van der Waals surface area contributed by atoms with Crippen molar-refractivity contribution in [1.82, 2.24) is 0 Å². The van der Waals surface area contributed by atoms with E-state index in [4.69, 9.17) is 31.6 Å². The molecule has 186 valence electrons. The molecular formula is C22H36O9Si2. The molecule has 0 amide bonds. The fourth-order valence-electron chi connectivity index (χ4n) is 2.50. The highest BCUT2D eigenvalue weighted by Crippen LogP contribution is 2.29. The zero-order valence-corrected chi connectivity index (χ0v) is 22.1. The van der Waals surface area contributed by atoms with Crippen LogP contribution in [0.5, 0.6) is 0 Å². The normalized spacial score (nSPS) is 11.0. The standard InChI is InChI=1S/C22H36O9Si2/c1-10-21(23)25-12-14-27-32(9,28-15-13-26-22(24)11-2)16-17-33(29-18(3)4,30-19(5)6)31-20(7)8/h10-11H,1-3,5,7,12-17H2,4,6,8-9H3. The van der Waals surface area contributed by atoms with Crippen LogP contribution in [0.15, 0.2) is 62.3 Å². The number of carbonyl (C=O) groups is 2. The van der Waals surface area contributed by atoms with Gasteiger partial charge in [-0.25, -0.2) is 9.59 Å². The second kappa shape index (κ2) is 15.3. The molecule has 0 aromatic rings. The lowest BCUT2D eigenvalue weighted by Crippen LogP contribution is -2.48. The van der Waals surface area contributed by atoms with E-state index in [0.717, 1.165) is 12.2 Å². The van der Waals surface area contributed by atoms with Gasteiger partial charge in [0, 0.05) is 12.2 Å². The van der Waals surface area contributed by atoms with Crippen molar-refractivity contribution in [3.63, 3.8) is 0 Å². The quantitative estimate of drug-likeness (QED) is 0.0852. The Morgan fingerprint density at radius 2 is 1.06 bits per heavy atom. The molecule has 0 radical (unpaired) electrons. The third kappa shape index (κ3) is 14.2. The summed E-state index contributed by atoms with van der Waals surface area (Å²) in [6.45, 7) is 25.3. The molecule has 0 fully saturated rings. The summed E-state index contributed by atoms with van der Waals surface area (Å²) in [5.41, 5.74) is 0. The molecule has 9 nitrogen and oxygen atoms in total. The van der Waals surface area contributed by atoms with Crippen molar-refractivity contribution in [3.8, 4) is 0 Å². The molecule has 0 aromatic carbocycles. The fourth-order valence-corrected chi connectivity index (χ4v) is 8.96. The maximum absolute atomic E-state index is 11.3. The number of hydrogen-bond acceptors (Lipinski definition) is 9. The summed E-state index contributed by atoms with van der Waals surface area (Å²) in [6, 6.07) is 0.694. The Bertz CT molecular complexity index is 665. The largest absolute Gasteiger partial charge is 0.698 e. The van der Waals surface area contributed by atoms with Gasteiger partial charge >= 0.3 is 29.3 Å². The highest BCUT2D eigenvalue weighted by molar-refractivity contribution is 6.70. The lowest BCUT2D eigenvalue weighted by molar-refractivity contribution is -0.139. The van der Waals surface area contributed by atoms with Crippen LogP contribution in [0.2, 0.25) is 18.6 Å². The first-order valence-electron chi connectivity index (χ1n) is 10.3. The monoisotopic (exact) mass is 500 g/mol. The van der Waals surface area contributed by atoms with Crippen LogP contribution in [0.4, 0.5) is 0 Å². The van der Waals surface area contributed by atoms with Crippen LogP contribution in [0, 0.1) is 0 Å². The topological polar surface area (TPSA) is 98.8 Å². The van der Waals surface area contributed by atoms with Crippen molar-refractivity contribution < 1.29 is 41.2 Å². The minimum atomic E-state index is -3.36. The summed E-state index contributed by atoms with van der Waals surface area (Å²) >= 11 is 0. The Balaban J connectivity index is 5.45. The second-order valence-corrected chi connectivity index (χ2v) is 13.0. The van der Waals surface area contributed by atoms with E-state index in [-0.39, 0.29) is 26.4 Å². The van der Waals surface area contributed by atoms with E-state index in [9.17, 15) is 9.59 Å². The first-order valence-corrected chi connectivity index (χ1v) is 14.7. The van der Waals surface area contributed by atoms with E-state index in [1.165, 1.54) is 0 Å². The maximum atomic E-state index is 11.3. The lowest BCUT2D eigenvalue weighted by Gasteiger charge is -2.33. The van der Waals surface area contributed by atoms with Gasteiger partial charge in [0.1, 0.15) is 13.2 Å². The Morgan fingerprint density at radius 3 is 1.36 bits per heavy atom. The first kappa shape index (κ1) is 30.4. The zero-order valence-electron chi connectivity index (χ0n) is 20.1. The summed E-state index contributed by atoms with van der Waals surface area (Å²) in [5.74, 6) is 0.154. The van der Waals surface area contributed by atoms with E-state index in [1.54, 1.807) is 20.8 Å². The molecule has 0 atom stereocenters. The van der Waals surface area contributed by atoms with Crippen LogP contribution in [0.1, 0.15) is 20.8 Å². The van der Waals surface area contributed by atoms with Gasteiger partial charge in [-0.15, -0.1) is 0 Å². The Morgan fingerprint density at radius 1 is 0.697 bits per heavy atom. The number of ether oxygens (including phenoxy) is 2. The molecule has 0 saturated carbocycles. The van der Waals surface area contributed by atoms with Gasteiger partial charge in [-0.05, 0) is 33.4 Å². The van der Waals surface area contributed by atoms with Gasteiger partial charge < -0.3 is 31.6 Å². The molecule has 0 N–H and O–H groups in total. The molecule has 0 aliphatic rings. The average molecular weight is 501 g/mol. The van der Waals surface area contributed by atoms with Crippen LogP contribution in [0.25, 0.3) is 0 Å². The molecule has 0 bridgehead atoms. The summed E-state index contributed by atoms with van der Waals surface area (Å²) in [7, 11) is -6.26. The van der Waals surface area contributed by atoms with Gasteiger partial charge in [-0.2, -0.15) is 0 Å². The molecule has 0 saturated heterocycles. The predicted molar refractivity (Wildman–Crippen MR) is 129 cm³/mol. The zero-order chi connectivity index (χ0) is 25.5. The predicted octanol–water partition coefficient (Wildman–Crippen LogP) is 4.14. The van der Waals surface area contributed by atoms with Crippen LogP contribution in [0.3, 0.4) is 0 Å². The highest BCUT2D eigenvalue weighted by atomic mass is 28.4. The van der Waals surface area contributed by atoms with Crippen LogP contribution < -0.4 is 0 Å². The van der Waals surface area contributed by atoms with Gasteiger partial charge in [-0.1, -0.05) is 32.9 Å². The lowest BCUT2D eigenvalue weighted by atomic mass is 10.6. The van der Waals surface area contributed by atoms with E-state index >= 15 is 0 Å². The maximum Gasteiger partial charge on any atom is 0.698 e. The third-order valence-electron chi connectivity index (χ3n) is 3.68. The molecule has 0 aliphatic carbocycles. The van der Waals surface area contributed by atoms with Crippen molar-refractivity contribution in [2.75, 3.05) is 26.4 Å². The van der Waals surface area contributed by atoms with Crippen molar-refractivity contribution in [3.05, 3.63) is 62.3 Å². The molecular weight excluding hydrogens is 464 g/mol. The third-order valence-corrected chi connectivity index (χ3v) is 9.81. The Labute approximate surface area is 198 Å². The number of rotatable bonds is 19. The number of hydrogen-bond donors (Lipinski definition) is 0. The van der Waals surface area contributed by atoms with Crippen molar-refractivity contribution in [2.24, 2.45) is 0 Å². The molecule has 0 rings (SSSR count). The van der Waals surface area contributed by atoms with Crippen LogP contribution in [-0.2, 0) is 41.2 Å². The molecule has 33 heavy (non-hydrogen) atoms. The van der Waals surface area contributed by atoms with Gasteiger partial charge in [0.05, 0.1) is 36.5 Å². The minimum absolute atomic E-state index is 0.0254. The molecule has 0 aliphatic heterocycles. The molecule has 0 heterocycles.